The molecule has 0 aliphatic heterocycles. The van der Waals surface area contributed by atoms with Crippen LogP contribution in [0.4, 0.5) is 4.79 Å². The molecule has 31 heavy (non-hydrogen) atoms. The van der Waals surface area contributed by atoms with Crippen LogP contribution in [0.3, 0.4) is 0 Å². The second kappa shape index (κ2) is 8.76. The third kappa shape index (κ3) is 4.28. The number of carbonyl (C=O) groups is 2. The van der Waals surface area contributed by atoms with Gasteiger partial charge in [0.2, 0.25) is 0 Å². The molecule has 0 saturated heterocycles. The van der Waals surface area contributed by atoms with E-state index in [0.717, 1.165) is 11.1 Å². The second-order valence-electron chi connectivity index (χ2n) is 7.20. The van der Waals surface area contributed by atoms with Crippen molar-refractivity contribution in [2.45, 2.75) is 18.9 Å². The van der Waals surface area contributed by atoms with Gasteiger partial charge in [0, 0.05) is 12.1 Å². The minimum atomic E-state index is -0.973. The van der Waals surface area contributed by atoms with Gasteiger partial charge < -0.3 is 15.2 Å². The maximum atomic E-state index is 12.1. The molecule has 7 heteroatoms. The van der Waals surface area contributed by atoms with Gasteiger partial charge in [0.15, 0.2) is 0 Å². The van der Waals surface area contributed by atoms with Crippen molar-refractivity contribution in [2.24, 2.45) is 0 Å². The van der Waals surface area contributed by atoms with Gasteiger partial charge >= 0.3 is 12.1 Å². The SMILES string of the molecule is C[C@@H](C(=O)O)n1cc(C#CCNC(=O)OCC2c3ccccc3-c3ccccc32)cn1. The first kappa shape index (κ1) is 20.2. The monoisotopic (exact) mass is 415 g/mol. The van der Waals surface area contributed by atoms with Crippen LogP contribution < -0.4 is 5.32 Å². The topological polar surface area (TPSA) is 93.5 Å². The number of aliphatic carboxylic acids is 1. The molecule has 0 fully saturated rings. The number of carboxylic acid groups (broad SMARTS) is 1. The molecule has 1 aliphatic carbocycles. The fourth-order valence-corrected chi connectivity index (χ4v) is 3.64. The van der Waals surface area contributed by atoms with Gasteiger partial charge in [-0.3, -0.25) is 4.68 Å². The molecule has 1 amide bonds. The van der Waals surface area contributed by atoms with Gasteiger partial charge in [0.25, 0.3) is 0 Å². The van der Waals surface area contributed by atoms with E-state index >= 15 is 0 Å². The van der Waals surface area contributed by atoms with E-state index < -0.39 is 18.1 Å². The number of benzene rings is 2. The van der Waals surface area contributed by atoms with Gasteiger partial charge in [0.1, 0.15) is 12.6 Å². The highest BCUT2D eigenvalue weighted by Crippen LogP contribution is 2.44. The third-order valence-electron chi connectivity index (χ3n) is 5.25. The van der Waals surface area contributed by atoms with Crippen LogP contribution in [0.2, 0.25) is 0 Å². The zero-order chi connectivity index (χ0) is 21.8. The van der Waals surface area contributed by atoms with E-state index in [9.17, 15) is 9.59 Å². The lowest BCUT2D eigenvalue weighted by atomic mass is 9.98. The number of hydrogen-bond donors (Lipinski definition) is 2. The van der Waals surface area contributed by atoms with E-state index in [-0.39, 0.29) is 19.1 Å². The van der Waals surface area contributed by atoms with Crippen LogP contribution in [0.1, 0.15) is 35.6 Å². The van der Waals surface area contributed by atoms with E-state index in [4.69, 9.17) is 9.84 Å². The van der Waals surface area contributed by atoms with E-state index in [1.165, 1.54) is 28.9 Å². The van der Waals surface area contributed by atoms with Crippen molar-refractivity contribution in [2.75, 3.05) is 13.2 Å². The lowest BCUT2D eigenvalue weighted by molar-refractivity contribution is -0.140. The average molecular weight is 415 g/mol. The number of nitrogens with one attached hydrogen (secondary N) is 1. The Bertz CT molecular complexity index is 1140. The van der Waals surface area contributed by atoms with Crippen LogP contribution in [-0.2, 0) is 9.53 Å². The highest BCUT2D eigenvalue weighted by molar-refractivity contribution is 5.79. The van der Waals surface area contributed by atoms with Crippen molar-refractivity contribution in [3.05, 3.63) is 77.6 Å². The molecule has 0 spiro atoms. The Labute approximate surface area is 179 Å². The van der Waals surface area contributed by atoms with Crippen molar-refractivity contribution in [1.29, 1.82) is 0 Å². The Morgan fingerprint density at radius 2 is 1.81 bits per heavy atom. The molecule has 2 aromatic carbocycles. The number of nitrogens with zero attached hydrogens (tertiary/aromatic N) is 2. The number of amides is 1. The number of rotatable bonds is 5. The molecule has 1 aromatic heterocycles. The number of fused-ring (bicyclic) bond motifs is 3. The Kier molecular flexibility index (Phi) is 5.72. The Hall–Kier alpha value is -4.05. The fraction of sp³-hybridized carbons (Fsp3) is 0.208. The minimum Gasteiger partial charge on any atom is -0.480 e. The lowest BCUT2D eigenvalue weighted by Crippen LogP contribution is -2.26. The van der Waals surface area contributed by atoms with Crippen LogP contribution in [0.15, 0.2) is 60.9 Å². The highest BCUT2D eigenvalue weighted by Gasteiger charge is 2.28. The van der Waals surface area contributed by atoms with Crippen molar-refractivity contribution in [1.82, 2.24) is 15.1 Å². The Balaban J connectivity index is 1.31. The van der Waals surface area contributed by atoms with Gasteiger partial charge in [-0.25, -0.2) is 9.59 Å². The number of ether oxygens (including phenoxy) is 1. The molecule has 0 saturated carbocycles. The first-order valence-corrected chi connectivity index (χ1v) is 9.89. The van der Waals surface area contributed by atoms with Crippen molar-refractivity contribution in [3.63, 3.8) is 0 Å². The van der Waals surface area contributed by atoms with E-state index in [2.05, 4.69) is 46.5 Å². The van der Waals surface area contributed by atoms with Gasteiger partial charge in [-0.1, -0.05) is 60.4 Å². The van der Waals surface area contributed by atoms with Gasteiger partial charge in [-0.2, -0.15) is 5.10 Å². The quantitative estimate of drug-likeness (QED) is 0.623. The fourth-order valence-electron chi connectivity index (χ4n) is 3.64. The summed E-state index contributed by atoms with van der Waals surface area (Å²) in [6, 6.07) is 15.5. The molecule has 1 atom stereocenters. The van der Waals surface area contributed by atoms with E-state index in [1.54, 1.807) is 6.20 Å². The molecule has 1 heterocycles. The summed E-state index contributed by atoms with van der Waals surface area (Å²) < 4.78 is 6.78. The average Bonchev–Trinajstić information content (AvgIpc) is 3.37. The number of aromatic nitrogens is 2. The molecule has 0 radical (unpaired) electrons. The predicted octanol–water partition coefficient (Wildman–Crippen LogP) is 3.42. The predicted molar refractivity (Wildman–Crippen MR) is 115 cm³/mol. The van der Waals surface area contributed by atoms with Crippen molar-refractivity contribution in [3.8, 4) is 23.0 Å². The van der Waals surface area contributed by atoms with Crippen LogP contribution >= 0.6 is 0 Å². The number of hydrogen-bond acceptors (Lipinski definition) is 4. The van der Waals surface area contributed by atoms with Crippen LogP contribution in [-0.4, -0.2) is 40.1 Å². The first-order valence-electron chi connectivity index (χ1n) is 9.89. The standard InChI is InChI=1S/C24H21N3O4/c1-16(23(28)29)27-14-17(13-26-27)7-6-12-25-24(30)31-15-22-20-10-4-2-8-18(20)19-9-3-5-11-21(19)22/h2-5,8-11,13-14,16,22H,12,15H2,1H3,(H,25,30)(H,28,29)/t16-/m0/s1. The van der Waals surface area contributed by atoms with E-state index in [1.807, 2.05) is 24.3 Å². The normalized spacial score (nSPS) is 12.8. The Morgan fingerprint density at radius 1 is 1.16 bits per heavy atom. The number of carboxylic acids is 1. The maximum Gasteiger partial charge on any atom is 0.407 e. The first-order chi connectivity index (χ1) is 15.0. The summed E-state index contributed by atoms with van der Waals surface area (Å²) in [5.41, 5.74) is 5.24. The van der Waals surface area contributed by atoms with Crippen LogP contribution in [0.5, 0.6) is 0 Å². The summed E-state index contributed by atoms with van der Waals surface area (Å²) >= 11 is 0. The summed E-state index contributed by atoms with van der Waals surface area (Å²) in [5.74, 6) is 4.68. The molecule has 3 aromatic rings. The lowest BCUT2D eigenvalue weighted by Gasteiger charge is -2.14. The van der Waals surface area contributed by atoms with Crippen molar-refractivity contribution < 1.29 is 19.4 Å². The molecule has 0 bridgehead atoms. The molecule has 1 aliphatic rings. The van der Waals surface area contributed by atoms with Gasteiger partial charge in [-0.15, -0.1) is 0 Å². The summed E-state index contributed by atoms with van der Waals surface area (Å²) in [4.78, 5) is 23.1. The molecular formula is C24H21N3O4. The van der Waals surface area contributed by atoms with Crippen LogP contribution in [0, 0.1) is 11.8 Å². The number of alkyl carbamates (subject to hydrolysis) is 1. The summed E-state index contributed by atoms with van der Waals surface area (Å²) in [6.45, 7) is 1.88. The highest BCUT2D eigenvalue weighted by atomic mass is 16.5. The molecular weight excluding hydrogens is 394 g/mol. The molecule has 156 valence electrons. The summed E-state index contributed by atoms with van der Waals surface area (Å²) in [7, 11) is 0. The summed E-state index contributed by atoms with van der Waals surface area (Å²) in [5, 5.41) is 15.6. The second-order valence-corrected chi connectivity index (χ2v) is 7.20. The van der Waals surface area contributed by atoms with Crippen molar-refractivity contribution >= 4 is 12.1 Å². The summed E-state index contributed by atoms with van der Waals surface area (Å²) in [6.07, 6.45) is 2.50. The molecule has 4 rings (SSSR count). The van der Waals surface area contributed by atoms with Gasteiger partial charge in [-0.05, 0) is 29.2 Å². The smallest absolute Gasteiger partial charge is 0.407 e. The molecule has 2 N–H and O–H groups in total. The largest absolute Gasteiger partial charge is 0.480 e. The zero-order valence-corrected chi connectivity index (χ0v) is 16.9. The van der Waals surface area contributed by atoms with E-state index in [0.29, 0.717) is 5.56 Å². The minimum absolute atomic E-state index is 0.00583. The van der Waals surface area contributed by atoms with Gasteiger partial charge in [0.05, 0.1) is 18.3 Å². The number of carbonyl (C=O) groups excluding carboxylic acids is 1. The maximum absolute atomic E-state index is 12.1. The zero-order valence-electron chi connectivity index (χ0n) is 16.9. The van der Waals surface area contributed by atoms with Crippen LogP contribution in [0.25, 0.3) is 11.1 Å². The molecule has 7 nitrogen and oxygen atoms in total. The third-order valence-corrected chi connectivity index (χ3v) is 5.25. The molecule has 0 unspecified atom stereocenters. The Morgan fingerprint density at radius 3 is 2.45 bits per heavy atom.